The van der Waals surface area contributed by atoms with Crippen LogP contribution in [-0.4, -0.2) is 4.57 Å². The fourth-order valence-corrected chi connectivity index (χ4v) is 8.72. The second-order valence-electron chi connectivity index (χ2n) is 15.0. The molecule has 0 saturated carbocycles. The highest BCUT2D eigenvalue weighted by atomic mass is 15.1. The smallest absolute Gasteiger partial charge is 0.0547 e. The van der Waals surface area contributed by atoms with Crippen LogP contribution in [-0.2, 0) is 0 Å². The molecule has 0 atom stereocenters. The van der Waals surface area contributed by atoms with E-state index in [-0.39, 0.29) is 0 Å². The maximum atomic E-state index is 2.41. The zero-order valence-electron chi connectivity index (χ0n) is 31.8. The Morgan fingerprint density at radius 3 is 1.19 bits per heavy atom. The Morgan fingerprint density at radius 2 is 0.655 bits per heavy atom. The van der Waals surface area contributed by atoms with Crippen LogP contribution in [0.5, 0.6) is 0 Å². The van der Waals surface area contributed by atoms with Gasteiger partial charge in [-0.15, -0.1) is 0 Å². The second-order valence-corrected chi connectivity index (χ2v) is 15.0. The molecule has 0 spiro atoms. The van der Waals surface area contributed by atoms with Gasteiger partial charge in [-0.25, -0.2) is 0 Å². The summed E-state index contributed by atoms with van der Waals surface area (Å²) in [6, 6.07) is 83.5. The van der Waals surface area contributed by atoms with Gasteiger partial charge >= 0.3 is 0 Å². The summed E-state index contributed by atoms with van der Waals surface area (Å²) in [6.45, 7) is 0. The van der Waals surface area contributed by atoms with Gasteiger partial charge in [-0.2, -0.15) is 0 Å². The summed E-state index contributed by atoms with van der Waals surface area (Å²) in [7, 11) is 0. The van der Waals surface area contributed by atoms with Crippen molar-refractivity contribution in [3.63, 3.8) is 0 Å². The second kappa shape index (κ2) is 14.1. The van der Waals surface area contributed by atoms with E-state index in [1.807, 2.05) is 0 Å². The molecule has 0 saturated heterocycles. The number of rotatable bonds is 8. The van der Waals surface area contributed by atoms with Crippen LogP contribution >= 0.6 is 0 Å². The number of aromatic nitrogens is 1. The molecule has 0 bridgehead atoms. The maximum absolute atomic E-state index is 2.41. The topological polar surface area (TPSA) is 8.17 Å². The summed E-state index contributed by atoms with van der Waals surface area (Å²) in [5, 5.41) is 5.23. The zero-order valence-corrected chi connectivity index (χ0v) is 31.8. The molecule has 11 rings (SSSR count). The number of hydrogen-bond acceptors (Lipinski definition) is 1. The van der Waals surface area contributed by atoms with Gasteiger partial charge in [0.2, 0.25) is 0 Å². The molecule has 1 aromatic heterocycles. The minimum Gasteiger partial charge on any atom is -0.310 e. The summed E-state index contributed by atoms with van der Waals surface area (Å²) < 4.78 is 2.41. The molecule has 0 fully saturated rings. The molecule has 1 heterocycles. The van der Waals surface area contributed by atoms with Crippen LogP contribution in [0.3, 0.4) is 0 Å². The fraction of sp³-hybridized carbons (Fsp3) is 0. The molecular formula is C56H38N2. The lowest BCUT2D eigenvalue weighted by molar-refractivity contribution is 1.18. The first-order chi connectivity index (χ1) is 28.7. The third-order valence-corrected chi connectivity index (χ3v) is 11.5. The molecule has 0 aliphatic carbocycles. The van der Waals surface area contributed by atoms with Gasteiger partial charge in [-0.05, 0) is 122 Å². The van der Waals surface area contributed by atoms with Gasteiger partial charge in [0.25, 0.3) is 0 Å². The van der Waals surface area contributed by atoms with Crippen LogP contribution in [0.2, 0.25) is 0 Å². The van der Waals surface area contributed by atoms with E-state index in [0.29, 0.717) is 0 Å². The van der Waals surface area contributed by atoms with Crippen molar-refractivity contribution in [1.29, 1.82) is 0 Å². The van der Waals surface area contributed by atoms with E-state index in [9.17, 15) is 0 Å². The summed E-state index contributed by atoms with van der Waals surface area (Å²) in [4.78, 5) is 2.35. The maximum Gasteiger partial charge on any atom is 0.0547 e. The van der Waals surface area contributed by atoms with Gasteiger partial charge in [0.1, 0.15) is 0 Å². The molecule has 58 heavy (non-hydrogen) atoms. The van der Waals surface area contributed by atoms with Crippen molar-refractivity contribution in [2.75, 3.05) is 4.90 Å². The summed E-state index contributed by atoms with van der Waals surface area (Å²) in [5.41, 5.74) is 16.5. The molecule has 0 amide bonds. The van der Waals surface area contributed by atoms with E-state index in [4.69, 9.17) is 0 Å². The largest absolute Gasteiger partial charge is 0.310 e. The Labute approximate surface area is 338 Å². The van der Waals surface area contributed by atoms with Crippen LogP contribution in [0.25, 0.3) is 82.8 Å². The lowest BCUT2D eigenvalue weighted by Crippen LogP contribution is -2.10. The lowest BCUT2D eigenvalue weighted by atomic mass is 9.98. The van der Waals surface area contributed by atoms with Gasteiger partial charge in [0.05, 0.1) is 11.0 Å². The summed E-state index contributed by atoms with van der Waals surface area (Å²) >= 11 is 0. The Morgan fingerprint density at radius 1 is 0.259 bits per heavy atom. The Kier molecular flexibility index (Phi) is 8.19. The molecule has 10 aromatic carbocycles. The molecule has 11 aromatic rings. The fourth-order valence-electron chi connectivity index (χ4n) is 8.72. The summed E-state index contributed by atoms with van der Waals surface area (Å²) in [6.07, 6.45) is 0. The molecule has 0 N–H and O–H groups in total. The monoisotopic (exact) mass is 738 g/mol. The van der Waals surface area contributed by atoms with Gasteiger partial charge in [0.15, 0.2) is 0 Å². The third kappa shape index (κ3) is 5.91. The van der Waals surface area contributed by atoms with Gasteiger partial charge in [0, 0.05) is 33.5 Å². The standard InChI is InChI=1S/C56H38N2/c1-3-11-39(12-4-1)41-25-31-49(32-26-41)57(50-33-27-42(28-34-50)40-13-5-2-6-14-40)52-20-8-19-48(38-52)47-18-7-17-46(37-47)43-29-35-51(36-30-43)58-53-21-9-15-44-23-24-45-16-10-22-54(58)56(45)55(44)53/h1-38H. The highest BCUT2D eigenvalue weighted by Gasteiger charge is 2.17. The average Bonchev–Trinajstić information content (AvgIpc) is 3.65. The van der Waals surface area contributed by atoms with Crippen LogP contribution in [0.15, 0.2) is 231 Å². The van der Waals surface area contributed by atoms with E-state index >= 15 is 0 Å². The first-order valence-corrected chi connectivity index (χ1v) is 19.9. The van der Waals surface area contributed by atoms with E-state index in [1.165, 1.54) is 77.1 Å². The predicted molar refractivity (Wildman–Crippen MR) is 246 cm³/mol. The summed E-state index contributed by atoms with van der Waals surface area (Å²) in [5.74, 6) is 0. The first-order valence-electron chi connectivity index (χ1n) is 19.9. The van der Waals surface area contributed by atoms with Crippen LogP contribution < -0.4 is 4.90 Å². The van der Waals surface area contributed by atoms with Crippen LogP contribution in [0.4, 0.5) is 17.1 Å². The third-order valence-electron chi connectivity index (χ3n) is 11.5. The Bertz CT molecular complexity index is 3030. The molecule has 272 valence electrons. The molecular weight excluding hydrogens is 701 g/mol. The van der Waals surface area contributed by atoms with Crippen molar-refractivity contribution in [2.24, 2.45) is 0 Å². The van der Waals surface area contributed by atoms with Crippen molar-refractivity contribution in [3.8, 4) is 50.2 Å². The van der Waals surface area contributed by atoms with E-state index < -0.39 is 0 Å². The van der Waals surface area contributed by atoms with Gasteiger partial charge < -0.3 is 9.47 Å². The zero-order chi connectivity index (χ0) is 38.4. The van der Waals surface area contributed by atoms with Crippen LogP contribution in [0, 0.1) is 0 Å². The van der Waals surface area contributed by atoms with E-state index in [1.54, 1.807) is 0 Å². The number of benzene rings is 10. The SMILES string of the molecule is c1ccc(-c2ccc(N(c3ccc(-c4ccccc4)cc3)c3cccc(-c4cccc(-c5ccc(-n6c7cccc8ccc9cccc6c9c87)cc5)c4)c3)cc2)cc1. The van der Waals surface area contributed by atoms with E-state index in [2.05, 4.69) is 240 Å². The van der Waals surface area contributed by atoms with Crippen molar-refractivity contribution in [2.45, 2.75) is 0 Å². The number of nitrogens with zero attached hydrogens (tertiary/aromatic N) is 2. The first kappa shape index (κ1) is 33.6. The minimum atomic E-state index is 1.10. The van der Waals surface area contributed by atoms with Crippen molar-refractivity contribution in [1.82, 2.24) is 4.57 Å². The van der Waals surface area contributed by atoms with Crippen LogP contribution in [0.1, 0.15) is 0 Å². The normalized spacial score (nSPS) is 11.4. The van der Waals surface area contributed by atoms with Gasteiger partial charge in [-0.1, -0.05) is 164 Å². The van der Waals surface area contributed by atoms with Crippen molar-refractivity contribution >= 4 is 49.6 Å². The lowest BCUT2D eigenvalue weighted by Gasteiger charge is -2.26. The Hall–Kier alpha value is -7.68. The van der Waals surface area contributed by atoms with E-state index in [0.717, 1.165) is 22.7 Å². The molecule has 2 nitrogen and oxygen atoms in total. The molecule has 0 radical (unpaired) electrons. The highest BCUT2D eigenvalue weighted by molar-refractivity contribution is 6.24. The number of hydrogen-bond donors (Lipinski definition) is 0. The predicted octanol–water partition coefficient (Wildman–Crippen LogP) is 15.5. The quantitative estimate of drug-likeness (QED) is 0.141. The molecule has 0 unspecified atom stereocenters. The van der Waals surface area contributed by atoms with Crippen molar-refractivity contribution in [3.05, 3.63) is 231 Å². The Balaban J connectivity index is 0.943. The highest BCUT2D eigenvalue weighted by Crippen LogP contribution is 2.41. The van der Waals surface area contributed by atoms with Gasteiger partial charge in [-0.3, -0.25) is 0 Å². The number of anilines is 3. The minimum absolute atomic E-state index is 1.10. The molecule has 0 aliphatic heterocycles. The molecule has 2 heteroatoms. The average molecular weight is 739 g/mol. The molecule has 0 aliphatic rings. The van der Waals surface area contributed by atoms with Crippen molar-refractivity contribution < 1.29 is 0 Å².